The van der Waals surface area contributed by atoms with Crippen LogP contribution in [0.4, 0.5) is 0 Å². The van der Waals surface area contributed by atoms with Gasteiger partial charge in [0.15, 0.2) is 0 Å². The molecule has 0 unspecified atom stereocenters. The summed E-state index contributed by atoms with van der Waals surface area (Å²) < 4.78 is 26.5. The average molecular weight is 262 g/mol. The summed E-state index contributed by atoms with van der Waals surface area (Å²) in [4.78, 5) is 20.8. The van der Waals surface area contributed by atoms with Gasteiger partial charge in [-0.3, -0.25) is 0 Å². The maximum atomic E-state index is 11.3. The van der Waals surface area contributed by atoms with E-state index in [2.05, 4.69) is 10.2 Å². The second-order valence-electron chi connectivity index (χ2n) is 2.93. The predicted octanol–water partition coefficient (Wildman–Crippen LogP) is -1.05. The van der Waals surface area contributed by atoms with Crippen LogP contribution in [-0.2, 0) is 14.4 Å². The summed E-state index contributed by atoms with van der Waals surface area (Å²) in [5, 5.41) is 17.4. The Hall–Kier alpha value is -1.97. The minimum absolute atomic E-state index is 0.472. The fourth-order valence-corrected chi connectivity index (χ4v) is 1.74. The van der Waals surface area contributed by atoms with E-state index < -0.39 is 38.1 Å². The first-order valence-corrected chi connectivity index (χ1v) is 5.49. The van der Waals surface area contributed by atoms with Crippen molar-refractivity contribution in [3.05, 3.63) is 29.3 Å². The van der Waals surface area contributed by atoms with Crippen molar-refractivity contribution in [2.45, 2.75) is 4.90 Å². The molecule has 0 radical (unpaired) electrons. The number of carboxylic acid groups (broad SMARTS) is 2. The molecule has 8 nitrogen and oxygen atoms in total. The monoisotopic (exact) mass is 262 g/mol. The molecule has 1 aromatic carbocycles. The van der Waals surface area contributed by atoms with Crippen LogP contribution < -0.4 is 5.90 Å². The maximum Gasteiger partial charge on any atom is 0.342 e. The normalized spacial score (nSPS) is 11.1. The van der Waals surface area contributed by atoms with E-state index >= 15 is 0 Å². The van der Waals surface area contributed by atoms with Gasteiger partial charge < -0.3 is 10.2 Å². The highest BCUT2D eigenvalue weighted by atomic mass is 32.2. The number of rotatable bonds is 4. The van der Waals surface area contributed by atoms with Gasteiger partial charge >= 0.3 is 22.1 Å². The summed E-state index contributed by atoms with van der Waals surface area (Å²) in [5.74, 6) is -0.201. The summed E-state index contributed by atoms with van der Waals surface area (Å²) in [6.45, 7) is 0. The van der Waals surface area contributed by atoms with Crippen LogP contribution in [-0.4, -0.2) is 30.6 Å². The van der Waals surface area contributed by atoms with Crippen LogP contribution >= 0.6 is 0 Å². The summed E-state index contributed by atoms with van der Waals surface area (Å²) in [7, 11) is -4.25. The smallest absolute Gasteiger partial charge is 0.342 e. The molecule has 9 heteroatoms. The molecule has 0 bridgehead atoms. The molecule has 0 amide bonds. The number of hydrogen-bond acceptors (Lipinski definition) is 5. The Balaban J connectivity index is 3.53. The molecular weight excluding hydrogens is 254 g/mol. The molecule has 0 aliphatic heterocycles. The molecule has 0 aliphatic carbocycles. The van der Waals surface area contributed by atoms with Gasteiger partial charge in [0.05, 0.1) is 11.1 Å². The topological polar surface area (TPSA) is 146 Å². The van der Waals surface area contributed by atoms with Crippen LogP contribution in [0.25, 0.3) is 0 Å². The van der Waals surface area contributed by atoms with Gasteiger partial charge in [-0.25, -0.2) is 9.59 Å². The van der Waals surface area contributed by atoms with Gasteiger partial charge in [-0.05, 0) is 18.2 Å². The molecule has 0 aromatic heterocycles. The minimum Gasteiger partial charge on any atom is -0.478 e. The molecule has 1 aromatic rings. The molecule has 1 rings (SSSR count). The third-order valence-corrected chi connectivity index (χ3v) is 2.97. The highest BCUT2D eigenvalue weighted by Gasteiger charge is 2.21. The number of aromatic carboxylic acids is 2. The molecule has 0 spiro atoms. The molecule has 0 fully saturated rings. The Labute approximate surface area is 95.3 Å². The highest BCUT2D eigenvalue weighted by Crippen LogP contribution is 2.16. The Morgan fingerprint density at radius 2 is 1.47 bits per heavy atom. The van der Waals surface area contributed by atoms with Crippen LogP contribution in [0.2, 0.25) is 0 Å². The van der Waals surface area contributed by atoms with E-state index in [1.54, 1.807) is 0 Å². The second kappa shape index (κ2) is 4.49. The van der Waals surface area contributed by atoms with Crippen LogP contribution in [0.1, 0.15) is 20.7 Å². The van der Waals surface area contributed by atoms with Gasteiger partial charge in [0.1, 0.15) is 4.90 Å². The Morgan fingerprint density at radius 3 is 1.76 bits per heavy atom. The second-order valence-corrected chi connectivity index (χ2v) is 4.54. The third kappa shape index (κ3) is 2.78. The fourth-order valence-electron chi connectivity index (χ4n) is 1.06. The zero-order valence-corrected chi connectivity index (χ0v) is 9.10. The van der Waals surface area contributed by atoms with E-state index in [-0.39, 0.29) is 0 Å². The van der Waals surface area contributed by atoms with E-state index in [9.17, 15) is 18.0 Å². The summed E-state index contributed by atoms with van der Waals surface area (Å²) >= 11 is 0. The van der Waals surface area contributed by atoms with Crippen LogP contribution in [0, 0.1) is 0 Å². The number of quaternary nitrogens is 1. The molecule has 17 heavy (non-hydrogen) atoms. The number of hydrogen-bond donors (Lipinski definition) is 3. The lowest BCUT2D eigenvalue weighted by Crippen LogP contribution is -2.51. The zero-order chi connectivity index (χ0) is 13.2. The van der Waals surface area contributed by atoms with Gasteiger partial charge in [-0.15, -0.1) is 0 Å². The average Bonchev–Trinajstić information content (AvgIpc) is 2.28. The van der Waals surface area contributed by atoms with Crippen molar-refractivity contribution >= 4 is 22.1 Å². The predicted molar refractivity (Wildman–Crippen MR) is 51.5 cm³/mol. The lowest BCUT2D eigenvalue weighted by Gasteiger charge is -2.03. The van der Waals surface area contributed by atoms with Crippen molar-refractivity contribution in [2.75, 3.05) is 0 Å². The first kappa shape index (κ1) is 13.1. The van der Waals surface area contributed by atoms with Crippen molar-refractivity contribution in [3.63, 3.8) is 0 Å². The molecule has 0 atom stereocenters. The quantitative estimate of drug-likeness (QED) is 0.586. The summed E-state index contributed by atoms with van der Waals surface area (Å²) in [6, 6.07) is 2.41. The number of carboxylic acids is 2. The van der Waals surface area contributed by atoms with Gasteiger partial charge in [-0.2, -0.15) is 14.3 Å². The van der Waals surface area contributed by atoms with Crippen LogP contribution in [0.15, 0.2) is 23.1 Å². The van der Waals surface area contributed by atoms with Gasteiger partial charge in [0.25, 0.3) is 0 Å². The van der Waals surface area contributed by atoms with Gasteiger partial charge in [-0.1, -0.05) is 4.28 Å². The first-order chi connectivity index (χ1) is 7.77. The molecule has 0 heterocycles. The van der Waals surface area contributed by atoms with E-state index in [0.717, 1.165) is 18.2 Å². The standard InChI is InChI=1S/C8H7NO7S/c9-16-17(14,15)6-2-4(7(10)11)1-5(3-6)8(12)13/h1-3H,9H3,(H-,10,11,12,13)/p+1. The maximum absolute atomic E-state index is 11.3. The minimum atomic E-state index is -4.25. The summed E-state index contributed by atoms with van der Waals surface area (Å²) in [5.41, 5.74) is -0.943. The lowest BCUT2D eigenvalue weighted by atomic mass is 10.1. The van der Waals surface area contributed by atoms with Crippen molar-refractivity contribution in [3.8, 4) is 0 Å². The van der Waals surface area contributed by atoms with E-state index in [1.807, 2.05) is 0 Å². The van der Waals surface area contributed by atoms with Gasteiger partial charge in [0, 0.05) is 0 Å². The Bertz CT molecular complexity index is 545. The molecule has 92 valence electrons. The summed E-state index contributed by atoms with van der Waals surface area (Å²) in [6.07, 6.45) is 0. The van der Waals surface area contributed by atoms with E-state index in [0.29, 0.717) is 0 Å². The molecule has 5 N–H and O–H groups in total. The van der Waals surface area contributed by atoms with E-state index in [4.69, 9.17) is 10.2 Å². The fraction of sp³-hybridized carbons (Fsp3) is 0. The zero-order valence-electron chi connectivity index (χ0n) is 8.28. The van der Waals surface area contributed by atoms with Crippen molar-refractivity contribution in [2.24, 2.45) is 0 Å². The van der Waals surface area contributed by atoms with Gasteiger partial charge in [0.2, 0.25) is 0 Å². The van der Waals surface area contributed by atoms with Crippen molar-refractivity contribution in [1.82, 2.24) is 0 Å². The number of benzene rings is 1. The number of carbonyl (C=O) groups is 2. The van der Waals surface area contributed by atoms with Crippen molar-refractivity contribution in [1.29, 1.82) is 0 Å². The SMILES string of the molecule is [NH3+]OS(=O)(=O)c1cc(C(=O)O)cc(C(=O)O)c1. The van der Waals surface area contributed by atoms with E-state index in [1.165, 1.54) is 0 Å². The first-order valence-electron chi connectivity index (χ1n) is 4.08. The Morgan fingerprint density at radius 1 is 1.06 bits per heavy atom. The van der Waals surface area contributed by atoms with Crippen LogP contribution in [0.3, 0.4) is 0 Å². The van der Waals surface area contributed by atoms with Crippen molar-refractivity contribution < 1.29 is 38.4 Å². The molecule has 0 saturated heterocycles. The highest BCUT2D eigenvalue weighted by molar-refractivity contribution is 7.86. The molecular formula is C8H8NO7S+. The molecule has 0 aliphatic rings. The lowest BCUT2D eigenvalue weighted by molar-refractivity contribution is -0.635. The molecule has 0 saturated carbocycles. The third-order valence-electron chi connectivity index (χ3n) is 1.84. The Kier molecular flexibility index (Phi) is 3.46. The largest absolute Gasteiger partial charge is 0.478 e. The van der Waals surface area contributed by atoms with Crippen LogP contribution in [0.5, 0.6) is 0 Å².